The first-order valence-corrected chi connectivity index (χ1v) is 8.30. The lowest BCUT2D eigenvalue weighted by molar-refractivity contribution is -0.136. The van der Waals surface area contributed by atoms with Gasteiger partial charge >= 0.3 is 11.9 Å². The molecule has 0 aliphatic carbocycles. The summed E-state index contributed by atoms with van der Waals surface area (Å²) in [5, 5.41) is 19.0. The molecule has 0 amide bonds. The molecule has 4 nitrogen and oxygen atoms in total. The highest BCUT2D eigenvalue weighted by atomic mass is 16.4. The maximum absolute atomic E-state index is 11.7. The van der Waals surface area contributed by atoms with Crippen molar-refractivity contribution in [1.29, 1.82) is 0 Å². The Morgan fingerprint density at radius 1 is 1.00 bits per heavy atom. The zero-order valence-corrected chi connectivity index (χ0v) is 14.3. The second kappa shape index (κ2) is 11.0. The second-order valence-corrected chi connectivity index (χ2v) is 5.68. The first-order valence-electron chi connectivity index (χ1n) is 8.30. The summed E-state index contributed by atoms with van der Waals surface area (Å²) in [6.45, 7) is 7.97. The molecule has 0 aromatic heterocycles. The Morgan fingerprint density at radius 2 is 1.59 bits per heavy atom. The lowest BCUT2D eigenvalue weighted by Gasteiger charge is -2.20. The lowest BCUT2D eigenvalue weighted by Crippen LogP contribution is -2.17. The quantitative estimate of drug-likeness (QED) is 0.424. The Labute approximate surface area is 133 Å². The van der Waals surface area contributed by atoms with Crippen LogP contribution in [0.15, 0.2) is 22.8 Å². The van der Waals surface area contributed by atoms with Gasteiger partial charge in [-0.05, 0) is 31.6 Å². The standard InChI is InChI=1S/C18H30O4/c1-5-8-11-13(4)14(12-9-6-2)16(18(21)22)15(10-7-3)17(19)20/h10,13H,5-9,11-12H2,1-4H3,(H,19,20)(H,21,22). The van der Waals surface area contributed by atoms with Crippen molar-refractivity contribution in [2.24, 2.45) is 5.92 Å². The van der Waals surface area contributed by atoms with E-state index in [4.69, 9.17) is 0 Å². The predicted octanol–water partition coefficient (Wildman–Crippen LogP) is 4.81. The maximum atomic E-state index is 11.7. The SMILES string of the molecule is CCC=C(C(=O)O)C(C(=O)O)=C(CCCC)C(C)CCCC. The number of unbranched alkanes of at least 4 members (excludes halogenated alkanes) is 2. The summed E-state index contributed by atoms with van der Waals surface area (Å²) < 4.78 is 0. The highest BCUT2D eigenvalue weighted by Gasteiger charge is 2.25. The molecule has 0 rings (SSSR count). The van der Waals surface area contributed by atoms with Crippen LogP contribution in [-0.2, 0) is 9.59 Å². The normalized spacial score (nSPS) is 14.5. The molecule has 0 saturated carbocycles. The number of carbonyl (C=O) groups is 2. The van der Waals surface area contributed by atoms with Crippen LogP contribution in [0.3, 0.4) is 0 Å². The van der Waals surface area contributed by atoms with Crippen molar-refractivity contribution in [1.82, 2.24) is 0 Å². The molecule has 0 aromatic carbocycles. The molecule has 1 atom stereocenters. The van der Waals surface area contributed by atoms with E-state index in [-0.39, 0.29) is 17.1 Å². The van der Waals surface area contributed by atoms with Crippen molar-refractivity contribution in [3.8, 4) is 0 Å². The summed E-state index contributed by atoms with van der Waals surface area (Å²) in [5.74, 6) is -2.19. The molecule has 0 radical (unpaired) electrons. The summed E-state index contributed by atoms with van der Waals surface area (Å²) in [6.07, 6.45) is 7.45. The first kappa shape index (κ1) is 20.4. The van der Waals surface area contributed by atoms with Gasteiger partial charge in [-0.15, -0.1) is 0 Å². The van der Waals surface area contributed by atoms with E-state index in [0.29, 0.717) is 12.8 Å². The van der Waals surface area contributed by atoms with Gasteiger partial charge in [-0.2, -0.15) is 0 Å². The molecule has 0 aliphatic rings. The second-order valence-electron chi connectivity index (χ2n) is 5.68. The van der Waals surface area contributed by atoms with E-state index < -0.39 is 11.9 Å². The Hall–Kier alpha value is -1.58. The summed E-state index contributed by atoms with van der Waals surface area (Å²) >= 11 is 0. The summed E-state index contributed by atoms with van der Waals surface area (Å²) in [5.41, 5.74) is 0.723. The van der Waals surface area contributed by atoms with Crippen LogP contribution in [0, 0.1) is 5.92 Å². The van der Waals surface area contributed by atoms with Crippen molar-refractivity contribution >= 4 is 11.9 Å². The van der Waals surface area contributed by atoms with Crippen LogP contribution in [0.25, 0.3) is 0 Å². The molecule has 0 bridgehead atoms. The smallest absolute Gasteiger partial charge is 0.336 e. The minimum atomic E-state index is -1.16. The fourth-order valence-electron chi connectivity index (χ4n) is 2.60. The van der Waals surface area contributed by atoms with E-state index in [9.17, 15) is 19.8 Å². The molecule has 0 saturated heterocycles. The average Bonchev–Trinajstić information content (AvgIpc) is 2.46. The van der Waals surface area contributed by atoms with Crippen LogP contribution in [-0.4, -0.2) is 22.2 Å². The number of carboxylic acids is 2. The van der Waals surface area contributed by atoms with E-state index in [1.54, 1.807) is 0 Å². The number of allylic oxidation sites excluding steroid dienone is 2. The third kappa shape index (κ3) is 6.46. The number of hydrogen-bond acceptors (Lipinski definition) is 2. The van der Waals surface area contributed by atoms with Crippen LogP contribution in [0.1, 0.15) is 72.6 Å². The minimum absolute atomic E-state index is 0.00593. The minimum Gasteiger partial charge on any atom is -0.478 e. The van der Waals surface area contributed by atoms with Crippen LogP contribution in [0.5, 0.6) is 0 Å². The molecule has 0 fully saturated rings. The van der Waals surface area contributed by atoms with Crippen LogP contribution in [0.4, 0.5) is 0 Å². The lowest BCUT2D eigenvalue weighted by atomic mass is 9.85. The fraction of sp³-hybridized carbons (Fsp3) is 0.667. The molecule has 2 N–H and O–H groups in total. The zero-order chi connectivity index (χ0) is 17.1. The van der Waals surface area contributed by atoms with Gasteiger partial charge in [-0.1, -0.05) is 58.6 Å². The number of hydrogen-bond donors (Lipinski definition) is 2. The Balaban J connectivity index is 5.92. The third-order valence-electron chi connectivity index (χ3n) is 3.83. The van der Waals surface area contributed by atoms with Gasteiger partial charge in [0.1, 0.15) is 0 Å². The van der Waals surface area contributed by atoms with Crippen molar-refractivity contribution in [3.05, 3.63) is 22.8 Å². The molecular weight excluding hydrogens is 280 g/mol. The van der Waals surface area contributed by atoms with Crippen molar-refractivity contribution in [2.45, 2.75) is 72.6 Å². The van der Waals surface area contributed by atoms with Crippen molar-refractivity contribution in [3.63, 3.8) is 0 Å². The van der Waals surface area contributed by atoms with Gasteiger partial charge in [-0.25, -0.2) is 9.59 Å². The van der Waals surface area contributed by atoms with Crippen molar-refractivity contribution < 1.29 is 19.8 Å². The van der Waals surface area contributed by atoms with E-state index in [1.165, 1.54) is 6.08 Å². The van der Waals surface area contributed by atoms with Crippen LogP contribution >= 0.6 is 0 Å². The van der Waals surface area contributed by atoms with E-state index in [0.717, 1.165) is 37.7 Å². The molecule has 0 spiro atoms. The van der Waals surface area contributed by atoms with Gasteiger partial charge < -0.3 is 10.2 Å². The average molecular weight is 310 g/mol. The summed E-state index contributed by atoms with van der Waals surface area (Å²) in [6, 6.07) is 0. The Morgan fingerprint density at radius 3 is 2.00 bits per heavy atom. The Bertz CT molecular complexity index is 432. The van der Waals surface area contributed by atoms with Gasteiger partial charge in [0.25, 0.3) is 0 Å². The van der Waals surface area contributed by atoms with Gasteiger partial charge in [-0.3, -0.25) is 0 Å². The highest BCUT2D eigenvalue weighted by Crippen LogP contribution is 2.30. The molecule has 0 heterocycles. The molecule has 126 valence electrons. The topological polar surface area (TPSA) is 74.6 Å². The van der Waals surface area contributed by atoms with Gasteiger partial charge in [0, 0.05) is 0 Å². The molecular formula is C18H30O4. The van der Waals surface area contributed by atoms with Gasteiger partial charge in [0.15, 0.2) is 0 Å². The zero-order valence-electron chi connectivity index (χ0n) is 14.3. The van der Waals surface area contributed by atoms with E-state index in [2.05, 4.69) is 13.8 Å². The van der Waals surface area contributed by atoms with Gasteiger partial charge in [0.05, 0.1) is 11.1 Å². The Kier molecular flexibility index (Phi) is 10.3. The summed E-state index contributed by atoms with van der Waals surface area (Å²) in [7, 11) is 0. The molecule has 22 heavy (non-hydrogen) atoms. The first-order chi connectivity index (χ1) is 10.4. The highest BCUT2D eigenvalue weighted by molar-refractivity contribution is 6.06. The predicted molar refractivity (Wildman–Crippen MR) is 88.9 cm³/mol. The fourth-order valence-corrected chi connectivity index (χ4v) is 2.60. The van der Waals surface area contributed by atoms with Crippen molar-refractivity contribution in [2.75, 3.05) is 0 Å². The monoisotopic (exact) mass is 310 g/mol. The van der Waals surface area contributed by atoms with E-state index in [1.807, 2.05) is 13.8 Å². The van der Waals surface area contributed by atoms with Crippen LogP contribution < -0.4 is 0 Å². The van der Waals surface area contributed by atoms with Crippen LogP contribution in [0.2, 0.25) is 0 Å². The summed E-state index contributed by atoms with van der Waals surface area (Å²) in [4.78, 5) is 23.2. The largest absolute Gasteiger partial charge is 0.478 e. The number of rotatable bonds is 11. The third-order valence-corrected chi connectivity index (χ3v) is 3.83. The number of carboxylic acid groups (broad SMARTS) is 2. The maximum Gasteiger partial charge on any atom is 0.336 e. The molecule has 0 aliphatic heterocycles. The van der Waals surface area contributed by atoms with Gasteiger partial charge in [0.2, 0.25) is 0 Å². The molecule has 4 heteroatoms. The number of aliphatic carboxylic acids is 2. The molecule has 1 unspecified atom stereocenters. The van der Waals surface area contributed by atoms with E-state index >= 15 is 0 Å². The molecule has 0 aromatic rings.